The van der Waals surface area contributed by atoms with Gasteiger partial charge in [0, 0.05) is 65.3 Å². The number of nitrogens with two attached hydrogens (primary N) is 11. The van der Waals surface area contributed by atoms with E-state index in [0.717, 1.165) is 20.3 Å². The van der Waals surface area contributed by atoms with Crippen LogP contribution in [0.3, 0.4) is 0 Å². The number of hydrogen-bond donors (Lipinski definition) is 34. The van der Waals surface area contributed by atoms with Crippen LogP contribution < -0.4 is 153 Å². The number of carboxylic acids is 3. The quantitative estimate of drug-likeness (QED) is 0.0164. The summed E-state index contributed by atoms with van der Waals surface area (Å²) in [4.78, 5) is 258. The summed E-state index contributed by atoms with van der Waals surface area (Å²) in [6.07, 6.45) is 5.68. The molecule has 142 heavy (non-hydrogen) atoms. The first kappa shape index (κ1) is 127. The lowest BCUT2D eigenvalue weighted by atomic mass is 10.0. The fourth-order valence-electron chi connectivity index (χ4n) is 13.7. The van der Waals surface area contributed by atoms with Crippen LogP contribution in [0.2, 0.25) is 0 Å². The van der Waals surface area contributed by atoms with Gasteiger partial charge in [-0.25, -0.2) is 4.79 Å². The van der Waals surface area contributed by atoms with Gasteiger partial charge in [0.2, 0.25) is 100 Å². The van der Waals surface area contributed by atoms with Crippen molar-refractivity contribution in [2.24, 2.45) is 63.1 Å². The largest absolute Gasteiger partial charge is 0.508 e. The zero-order chi connectivity index (χ0) is 107. The molecule has 54 heteroatoms. The smallest absolute Gasteiger partial charge is 0.326 e. The van der Waals surface area contributed by atoms with Crippen molar-refractivity contribution in [3.8, 4) is 5.75 Å². The van der Waals surface area contributed by atoms with Crippen LogP contribution in [-0.4, -0.2) is 318 Å². The van der Waals surface area contributed by atoms with Crippen molar-refractivity contribution in [3.05, 3.63) is 29.8 Å². The summed E-state index contributed by atoms with van der Waals surface area (Å²) >= 11 is 0. The number of guanidine groups is 1. The first-order valence-electron chi connectivity index (χ1n) is 48.0. The number of amides is 17. The van der Waals surface area contributed by atoms with Crippen LogP contribution in [0.1, 0.15) is 219 Å². The Labute approximate surface area is 824 Å². The number of benzene rings is 1. The number of carbonyl (C=O) groups is 20. The van der Waals surface area contributed by atoms with E-state index >= 15 is 0 Å². The lowest BCUT2D eigenvalue weighted by Crippen LogP contribution is -2.62. The number of nitrogens with one attached hydrogen (secondary N) is 18. The summed E-state index contributed by atoms with van der Waals surface area (Å²) in [6.45, 7) is 5.70. The Hall–Kier alpha value is -12.7. The molecule has 0 fully saturated rings. The van der Waals surface area contributed by atoms with Gasteiger partial charge in [0.1, 0.15) is 54.1 Å². The maximum absolute atomic E-state index is 13.9. The van der Waals surface area contributed by atoms with E-state index in [2.05, 4.69) is 90.4 Å². The molecule has 0 saturated heterocycles. The Morgan fingerprint density at radius 2 is 0.577 bits per heavy atom. The number of unbranched alkanes of at least 4 members (excludes halogenated alkanes) is 9. The van der Waals surface area contributed by atoms with Crippen LogP contribution >= 0.6 is 0 Å². The van der Waals surface area contributed by atoms with Crippen LogP contribution in [0, 0.1) is 5.41 Å². The second kappa shape index (κ2) is 72.5. The maximum atomic E-state index is 13.9. The second-order valence-electron chi connectivity index (χ2n) is 34.8. The van der Waals surface area contributed by atoms with E-state index in [1.807, 2.05) is 0 Å². The van der Waals surface area contributed by atoms with Crippen molar-refractivity contribution in [1.29, 1.82) is 5.41 Å². The topological polar surface area (TPSA) is 957 Å². The molecular formula is C88H157N29O25. The minimum atomic E-state index is -2.05. The van der Waals surface area contributed by atoms with Crippen LogP contribution in [-0.2, 0) is 102 Å². The minimum absolute atomic E-state index is 0.0195. The van der Waals surface area contributed by atoms with Crippen molar-refractivity contribution in [1.82, 2.24) is 90.4 Å². The highest BCUT2D eigenvalue weighted by molar-refractivity contribution is 6.00. The van der Waals surface area contributed by atoms with E-state index in [4.69, 9.17) is 68.5 Å². The van der Waals surface area contributed by atoms with E-state index in [9.17, 15) is 121 Å². The molecule has 0 bridgehead atoms. The molecule has 54 nitrogen and oxygen atoms in total. The summed E-state index contributed by atoms with van der Waals surface area (Å²) in [5.41, 5.74) is 64.7. The van der Waals surface area contributed by atoms with E-state index in [0.29, 0.717) is 173 Å². The van der Waals surface area contributed by atoms with Crippen molar-refractivity contribution >= 4 is 124 Å². The Balaban J connectivity index is 2.58. The number of aromatic hydroxyl groups is 1. The zero-order valence-electron chi connectivity index (χ0n) is 81.4. The van der Waals surface area contributed by atoms with E-state index in [-0.39, 0.29) is 112 Å². The van der Waals surface area contributed by atoms with E-state index in [1.165, 1.54) is 31.2 Å². The fraction of sp³-hybridized carbons (Fsp3) is 0.693. The van der Waals surface area contributed by atoms with Gasteiger partial charge in [-0.15, -0.1) is 0 Å². The first-order valence-corrected chi connectivity index (χ1v) is 48.0. The molecule has 0 saturated carbocycles. The summed E-state index contributed by atoms with van der Waals surface area (Å²) < 4.78 is 0. The fourth-order valence-corrected chi connectivity index (χ4v) is 13.7. The van der Waals surface area contributed by atoms with E-state index in [1.54, 1.807) is 0 Å². The van der Waals surface area contributed by atoms with Gasteiger partial charge in [0.15, 0.2) is 5.96 Å². The number of aliphatic hydroxyl groups is 1. The molecule has 7 unspecified atom stereocenters. The molecule has 1 aromatic rings. The number of primary amides is 1. The molecular weight excluding hydrogens is 1860 g/mol. The molecule has 45 N–H and O–H groups in total. The summed E-state index contributed by atoms with van der Waals surface area (Å²) in [6, 6.07) is -16.1. The minimum Gasteiger partial charge on any atom is -0.508 e. The molecule has 17 atom stereocenters. The van der Waals surface area contributed by atoms with Crippen LogP contribution in [0.5, 0.6) is 5.75 Å². The Morgan fingerprint density at radius 1 is 0.303 bits per heavy atom. The highest BCUT2D eigenvalue weighted by Gasteiger charge is 2.38. The maximum Gasteiger partial charge on any atom is 0.326 e. The van der Waals surface area contributed by atoms with Gasteiger partial charge >= 0.3 is 17.9 Å². The molecule has 0 aliphatic carbocycles. The number of carbonyl (C=O) groups excluding carboxylic acids is 17. The van der Waals surface area contributed by atoms with Crippen molar-refractivity contribution in [2.45, 2.75) is 323 Å². The number of aliphatic carboxylic acids is 3. The highest BCUT2D eigenvalue weighted by Crippen LogP contribution is 2.15. The molecule has 0 spiro atoms. The average Bonchev–Trinajstić information content (AvgIpc) is 0.853. The normalized spacial score (nSPS) is 14.7. The molecule has 0 aromatic heterocycles. The Kier molecular flexibility index (Phi) is 65.0. The average molecular weight is 2020 g/mol. The highest BCUT2D eigenvalue weighted by atomic mass is 16.4. The molecule has 17 amide bonds. The summed E-state index contributed by atoms with van der Waals surface area (Å²) in [5.74, 6) is -19.2. The molecule has 1 aromatic carbocycles. The molecule has 0 aliphatic rings. The predicted molar refractivity (Wildman–Crippen MR) is 518 cm³/mol. The standard InChI is InChI=1S/C88H157N29O25/c1-49(90)72(126)111-61(81(135)114-64(46-69(122)123)84(138)113-63(45-67(98)120)83(137)110-50(2)73(127)117-71(51(3)118)86(140)112-62(30-21-43-109-88(99)100)82(136)115-65(47-70(124)125)85(139)116-66(87(141)142)44-52-31-33-53(119)34-32-52)29-12-20-42-108-80(134)60(97)28-11-19-41-107-79(133)59(96)27-10-18-40-106-78(132)58(95)26-9-17-39-105-77(131)57(94)25-8-15-37-103-74(128)54(91)22-5-4-13-36-102-75(129)56(93)24-7-16-38-104-76(130)55(92)23-6-14-35-101-68(121)48-89/h31-34,49-51,54-66,71,118-119H,4-30,35-48,89-97H2,1-3H3,(H2,98,120)(H,101,121)(H,102,129)(H,103,128)(H,104,130)(H,105,131)(H,106,132)(H,107,133)(H,108,134)(H,110,137)(H,111,126)(H,112,140)(H,113,138)(H,114,135)(H,115,136)(H,116,139)(H,117,127)(H,122,123)(H,124,125)(H,141,142)(H4,99,100,109)/t49-,50-,51+,54?,55?,56?,57?,58?,59?,60?,61-,62-,63-,64-,65-,66-,71-/m0/s1. The lowest BCUT2D eigenvalue weighted by Gasteiger charge is -2.28. The Morgan fingerprint density at radius 3 is 0.887 bits per heavy atom. The van der Waals surface area contributed by atoms with Gasteiger partial charge in [-0.1, -0.05) is 25.0 Å². The van der Waals surface area contributed by atoms with Crippen LogP contribution in [0.15, 0.2) is 24.3 Å². The van der Waals surface area contributed by atoms with Gasteiger partial charge in [0.25, 0.3) is 0 Å². The Bertz CT molecular complexity index is 4180. The number of hydrogen-bond acceptors (Lipinski definition) is 32. The molecule has 804 valence electrons. The second-order valence-corrected chi connectivity index (χ2v) is 34.8. The summed E-state index contributed by atoms with van der Waals surface area (Å²) in [7, 11) is 0. The third-order valence-corrected chi connectivity index (χ3v) is 22.3. The number of aliphatic hydroxyl groups excluding tert-OH is 1. The van der Waals surface area contributed by atoms with Gasteiger partial charge in [-0.3, -0.25) is 96.5 Å². The van der Waals surface area contributed by atoms with Crippen molar-refractivity contribution in [2.75, 3.05) is 65.4 Å². The number of phenolic OH excluding ortho intramolecular Hbond substituents is 1. The van der Waals surface area contributed by atoms with Gasteiger partial charge < -0.3 is 179 Å². The molecule has 0 aliphatic heterocycles. The van der Waals surface area contributed by atoms with Crippen molar-refractivity contribution in [3.63, 3.8) is 0 Å². The predicted octanol–water partition coefficient (Wildman–Crippen LogP) is -10.3. The van der Waals surface area contributed by atoms with Crippen molar-refractivity contribution < 1.29 is 121 Å². The lowest BCUT2D eigenvalue weighted by molar-refractivity contribution is -0.144. The van der Waals surface area contributed by atoms with E-state index < -0.39 is 211 Å². The molecule has 0 heterocycles. The monoisotopic (exact) mass is 2020 g/mol. The van der Waals surface area contributed by atoms with Crippen LogP contribution in [0.4, 0.5) is 0 Å². The van der Waals surface area contributed by atoms with Gasteiger partial charge in [-0.05, 0) is 199 Å². The SMILES string of the molecule is C[C@H](N)C(=O)N[C@@H](CCCCNC(=O)C(N)CCCCNC(=O)C(N)CCCCNC(=O)C(N)CCCCNC(=O)C(N)CCCCNC(=O)C(N)CCCCCNC(=O)C(N)CCCCNC(=O)C(N)CCCCNC(=O)CN)C(=O)N[C@@H](CC(=O)O)C(=O)N[C@@H](CC(N)=O)C(=O)N[C@@H](C)C(=O)N[C@H](C(=O)N[C@@H](CCCNC(=N)N)C(=O)N[C@@H](CC(=O)O)C(=O)N[C@@H](Cc1ccc(O)cc1)C(=O)O)[C@@H](C)O. The third kappa shape index (κ3) is 57.9. The first-order chi connectivity index (χ1) is 67.1. The number of carboxylic acid groups (broad SMARTS) is 3. The molecule has 1 rings (SSSR count). The van der Waals surface area contributed by atoms with Gasteiger partial charge in [0.05, 0.1) is 80.2 Å². The molecule has 0 radical (unpaired) electrons. The number of phenols is 1. The summed E-state index contributed by atoms with van der Waals surface area (Å²) in [5, 5.41) is 99.5. The van der Waals surface area contributed by atoms with Gasteiger partial charge in [-0.2, -0.15) is 0 Å². The van der Waals surface area contributed by atoms with Crippen LogP contribution in [0.25, 0.3) is 0 Å². The third-order valence-electron chi connectivity index (χ3n) is 22.3. The zero-order valence-corrected chi connectivity index (χ0v) is 81.4. The number of rotatable bonds is 79.